The van der Waals surface area contributed by atoms with Gasteiger partial charge in [-0.05, 0) is 12.5 Å². The van der Waals surface area contributed by atoms with Crippen molar-refractivity contribution in [2.24, 2.45) is 5.73 Å². The van der Waals surface area contributed by atoms with Crippen molar-refractivity contribution in [1.29, 1.82) is 0 Å². The van der Waals surface area contributed by atoms with Gasteiger partial charge in [0.25, 0.3) is 5.56 Å². The lowest BCUT2D eigenvalue weighted by Gasteiger charge is -2.36. The minimum Gasteiger partial charge on any atom is -0.373 e. The Morgan fingerprint density at radius 1 is 1.42 bits per heavy atom. The van der Waals surface area contributed by atoms with Gasteiger partial charge in [0.15, 0.2) is 0 Å². The van der Waals surface area contributed by atoms with Crippen molar-refractivity contribution in [2.45, 2.75) is 25.6 Å². The lowest BCUT2D eigenvalue weighted by Crippen LogP contribution is -2.50. The number of halogens is 1. The van der Waals surface area contributed by atoms with Gasteiger partial charge in [-0.2, -0.15) is 5.10 Å². The zero-order chi connectivity index (χ0) is 17.1. The number of morpholine rings is 1. The van der Waals surface area contributed by atoms with E-state index >= 15 is 0 Å². The van der Waals surface area contributed by atoms with Gasteiger partial charge >= 0.3 is 0 Å². The van der Waals surface area contributed by atoms with Crippen LogP contribution in [0.2, 0.25) is 5.02 Å². The lowest BCUT2D eigenvalue weighted by atomic mass is 10.1. The Balaban J connectivity index is 1.83. The lowest BCUT2D eigenvalue weighted by molar-refractivity contribution is 0.0275. The molecule has 2 aromatic rings. The zero-order valence-corrected chi connectivity index (χ0v) is 14.3. The molecule has 1 fully saturated rings. The van der Waals surface area contributed by atoms with E-state index in [0.717, 1.165) is 5.56 Å². The van der Waals surface area contributed by atoms with Crippen LogP contribution in [0.25, 0.3) is 0 Å². The van der Waals surface area contributed by atoms with E-state index in [0.29, 0.717) is 31.9 Å². The first-order valence-corrected chi connectivity index (χ1v) is 8.35. The minimum absolute atomic E-state index is 0.0819. The summed E-state index contributed by atoms with van der Waals surface area (Å²) in [7, 11) is 0. The van der Waals surface area contributed by atoms with E-state index in [4.69, 9.17) is 22.1 Å². The highest BCUT2D eigenvalue weighted by Crippen LogP contribution is 2.23. The standard InChI is InChI=1S/C17H21ClN4O2/c1-12(19)15-11-21(7-8-24-15)14-9-20-22(17(23)16(14)18)10-13-5-3-2-4-6-13/h2-6,9,12,15H,7-8,10-11,19H2,1H3. The molecule has 1 aliphatic rings. The largest absolute Gasteiger partial charge is 0.373 e. The van der Waals surface area contributed by atoms with Crippen LogP contribution < -0.4 is 16.2 Å². The molecule has 1 aromatic carbocycles. The first-order chi connectivity index (χ1) is 11.6. The summed E-state index contributed by atoms with van der Waals surface area (Å²) >= 11 is 6.34. The normalized spacial score (nSPS) is 19.3. The fraction of sp³-hybridized carbons (Fsp3) is 0.412. The Bertz CT molecular complexity index is 748. The molecule has 2 heterocycles. The van der Waals surface area contributed by atoms with Crippen LogP contribution in [0.4, 0.5) is 5.69 Å². The number of rotatable bonds is 4. The van der Waals surface area contributed by atoms with Crippen LogP contribution in [0.1, 0.15) is 12.5 Å². The maximum Gasteiger partial charge on any atom is 0.287 e. The van der Waals surface area contributed by atoms with Crippen LogP contribution in [0.15, 0.2) is 41.3 Å². The number of anilines is 1. The van der Waals surface area contributed by atoms with E-state index in [1.807, 2.05) is 42.2 Å². The summed E-state index contributed by atoms with van der Waals surface area (Å²) in [6.45, 7) is 4.11. The molecule has 0 amide bonds. The van der Waals surface area contributed by atoms with Gasteiger partial charge in [-0.25, -0.2) is 4.68 Å². The van der Waals surface area contributed by atoms with Crippen molar-refractivity contribution in [3.05, 3.63) is 57.5 Å². The van der Waals surface area contributed by atoms with Crippen LogP contribution in [0.5, 0.6) is 0 Å². The Labute approximate surface area is 145 Å². The average Bonchev–Trinajstić information content (AvgIpc) is 2.60. The molecule has 24 heavy (non-hydrogen) atoms. The van der Waals surface area contributed by atoms with E-state index < -0.39 is 0 Å². The van der Waals surface area contributed by atoms with Gasteiger partial charge in [-0.15, -0.1) is 0 Å². The van der Waals surface area contributed by atoms with Gasteiger partial charge in [0.1, 0.15) is 5.02 Å². The molecule has 2 N–H and O–H groups in total. The molecule has 128 valence electrons. The summed E-state index contributed by atoms with van der Waals surface area (Å²) in [6.07, 6.45) is 1.57. The van der Waals surface area contributed by atoms with Crippen molar-refractivity contribution in [2.75, 3.05) is 24.6 Å². The van der Waals surface area contributed by atoms with E-state index in [1.54, 1.807) is 6.20 Å². The molecule has 0 saturated carbocycles. The number of nitrogens with zero attached hydrogens (tertiary/aromatic N) is 3. The van der Waals surface area contributed by atoms with Crippen LogP contribution in [0, 0.1) is 0 Å². The number of hydrogen-bond acceptors (Lipinski definition) is 5. The van der Waals surface area contributed by atoms with Crippen molar-refractivity contribution in [3.63, 3.8) is 0 Å². The van der Waals surface area contributed by atoms with Crippen LogP contribution in [0.3, 0.4) is 0 Å². The number of hydrogen-bond donors (Lipinski definition) is 1. The highest BCUT2D eigenvalue weighted by Gasteiger charge is 2.26. The second kappa shape index (κ2) is 7.34. The van der Waals surface area contributed by atoms with E-state index in [9.17, 15) is 4.79 Å². The third-order valence-corrected chi connectivity index (χ3v) is 4.52. The van der Waals surface area contributed by atoms with Gasteiger partial charge in [0.2, 0.25) is 0 Å². The molecule has 7 heteroatoms. The smallest absolute Gasteiger partial charge is 0.287 e. The molecule has 1 aliphatic heterocycles. The predicted molar refractivity (Wildman–Crippen MR) is 94.7 cm³/mol. The molecular weight excluding hydrogens is 328 g/mol. The topological polar surface area (TPSA) is 73.4 Å². The van der Waals surface area contributed by atoms with Gasteiger partial charge in [0.05, 0.1) is 31.1 Å². The summed E-state index contributed by atoms with van der Waals surface area (Å²) in [5.74, 6) is 0. The van der Waals surface area contributed by atoms with Crippen molar-refractivity contribution >= 4 is 17.3 Å². The maximum atomic E-state index is 12.5. The highest BCUT2D eigenvalue weighted by molar-refractivity contribution is 6.33. The minimum atomic E-state index is -0.290. The predicted octanol–water partition coefficient (Wildman–Crippen LogP) is 1.50. The van der Waals surface area contributed by atoms with E-state index in [2.05, 4.69) is 5.10 Å². The van der Waals surface area contributed by atoms with Crippen molar-refractivity contribution in [1.82, 2.24) is 9.78 Å². The SMILES string of the molecule is CC(N)C1CN(c2cnn(Cc3ccccc3)c(=O)c2Cl)CCO1. The molecule has 0 spiro atoms. The van der Waals surface area contributed by atoms with Crippen LogP contribution in [-0.2, 0) is 11.3 Å². The van der Waals surface area contributed by atoms with Crippen molar-refractivity contribution in [3.8, 4) is 0 Å². The average molecular weight is 349 g/mol. The first-order valence-electron chi connectivity index (χ1n) is 7.98. The molecule has 6 nitrogen and oxygen atoms in total. The van der Waals surface area contributed by atoms with Crippen LogP contribution in [-0.4, -0.2) is 41.6 Å². The fourth-order valence-corrected chi connectivity index (χ4v) is 3.02. The number of ether oxygens (including phenoxy) is 1. The molecular formula is C17H21ClN4O2. The number of aromatic nitrogens is 2. The Morgan fingerprint density at radius 3 is 2.88 bits per heavy atom. The molecule has 2 atom stereocenters. The fourth-order valence-electron chi connectivity index (χ4n) is 2.76. The first kappa shape index (κ1) is 17.0. The van der Waals surface area contributed by atoms with Crippen molar-refractivity contribution < 1.29 is 4.74 Å². The monoisotopic (exact) mass is 348 g/mol. The summed E-state index contributed by atoms with van der Waals surface area (Å²) < 4.78 is 7.03. The summed E-state index contributed by atoms with van der Waals surface area (Å²) in [5, 5.41) is 4.47. The van der Waals surface area contributed by atoms with Crippen LogP contribution >= 0.6 is 11.6 Å². The Morgan fingerprint density at radius 2 is 2.17 bits per heavy atom. The summed E-state index contributed by atoms with van der Waals surface area (Å²) in [6, 6.07) is 9.61. The third kappa shape index (κ3) is 3.61. The third-order valence-electron chi connectivity index (χ3n) is 4.16. The Kier molecular flexibility index (Phi) is 5.18. The van der Waals surface area contributed by atoms with E-state index in [-0.39, 0.29) is 22.7 Å². The van der Waals surface area contributed by atoms with Gasteiger partial charge in [-0.3, -0.25) is 4.79 Å². The molecule has 1 saturated heterocycles. The second-order valence-electron chi connectivity index (χ2n) is 6.01. The maximum absolute atomic E-state index is 12.5. The summed E-state index contributed by atoms with van der Waals surface area (Å²) in [4.78, 5) is 14.6. The second-order valence-corrected chi connectivity index (χ2v) is 6.38. The quantitative estimate of drug-likeness (QED) is 0.906. The number of nitrogens with two attached hydrogens (primary N) is 1. The number of benzene rings is 1. The molecule has 0 aliphatic carbocycles. The molecule has 0 radical (unpaired) electrons. The molecule has 0 bridgehead atoms. The highest BCUT2D eigenvalue weighted by atomic mass is 35.5. The zero-order valence-electron chi connectivity index (χ0n) is 13.6. The molecule has 3 rings (SSSR count). The van der Waals surface area contributed by atoms with Gasteiger partial charge < -0.3 is 15.4 Å². The van der Waals surface area contributed by atoms with E-state index in [1.165, 1.54) is 4.68 Å². The summed E-state index contributed by atoms with van der Waals surface area (Å²) in [5.41, 5.74) is 7.27. The van der Waals surface area contributed by atoms with Gasteiger partial charge in [-0.1, -0.05) is 41.9 Å². The molecule has 2 unspecified atom stereocenters. The van der Waals surface area contributed by atoms with Gasteiger partial charge in [0, 0.05) is 19.1 Å². The molecule has 1 aromatic heterocycles. The Hall–Kier alpha value is -1.89.